The van der Waals surface area contributed by atoms with Crippen LogP contribution in [0.15, 0.2) is 36.4 Å². The Bertz CT molecular complexity index is 700. The second kappa shape index (κ2) is 6.74. The third-order valence-corrected chi connectivity index (χ3v) is 4.27. The number of nitrogens with zero attached hydrogens (tertiary/aromatic N) is 1. The molecule has 7 nitrogen and oxygen atoms in total. The number of benzene rings is 1. The lowest BCUT2D eigenvalue weighted by molar-refractivity contribution is -0.146. The molecule has 2 atom stereocenters. The van der Waals surface area contributed by atoms with Crippen molar-refractivity contribution in [2.24, 2.45) is 11.8 Å². The number of allylic oxidation sites excluding steroid dienone is 2. The lowest BCUT2D eigenvalue weighted by Gasteiger charge is -2.24. The predicted octanol–water partition coefficient (Wildman–Crippen LogP) is 2.25. The number of ether oxygens (including phenoxy) is 1. The van der Waals surface area contributed by atoms with E-state index < -0.39 is 23.9 Å². The summed E-state index contributed by atoms with van der Waals surface area (Å²) in [4.78, 5) is 36.9. The van der Waals surface area contributed by atoms with Crippen LogP contribution in [0.4, 0.5) is 16.2 Å². The van der Waals surface area contributed by atoms with Crippen molar-refractivity contribution in [1.82, 2.24) is 0 Å². The summed E-state index contributed by atoms with van der Waals surface area (Å²) in [6, 6.07) is 6.87. The summed E-state index contributed by atoms with van der Waals surface area (Å²) in [6.07, 6.45) is 3.97. The van der Waals surface area contributed by atoms with Gasteiger partial charge in [0.2, 0.25) is 5.91 Å². The normalized spacial score (nSPS) is 23.0. The van der Waals surface area contributed by atoms with Gasteiger partial charge in [-0.2, -0.15) is 0 Å². The van der Waals surface area contributed by atoms with E-state index in [1.807, 2.05) is 6.08 Å². The first-order valence-electron chi connectivity index (χ1n) is 7.79. The van der Waals surface area contributed by atoms with Gasteiger partial charge in [0, 0.05) is 11.4 Å². The molecule has 0 bridgehead atoms. The van der Waals surface area contributed by atoms with Crippen LogP contribution < -0.4 is 10.2 Å². The number of anilines is 2. The van der Waals surface area contributed by atoms with Crippen LogP contribution >= 0.6 is 0 Å². The van der Waals surface area contributed by atoms with E-state index in [0.717, 1.165) is 0 Å². The molecular weight excluding hydrogens is 312 g/mol. The molecule has 0 saturated carbocycles. The van der Waals surface area contributed by atoms with Crippen molar-refractivity contribution in [2.75, 3.05) is 23.4 Å². The van der Waals surface area contributed by atoms with Crippen LogP contribution in [0.2, 0.25) is 0 Å². The molecule has 0 radical (unpaired) electrons. The summed E-state index contributed by atoms with van der Waals surface area (Å²) in [6.45, 7) is 0.800. The van der Waals surface area contributed by atoms with E-state index in [1.165, 1.54) is 4.90 Å². The second-order valence-corrected chi connectivity index (χ2v) is 5.80. The Morgan fingerprint density at radius 2 is 1.96 bits per heavy atom. The fourth-order valence-electron chi connectivity index (χ4n) is 2.99. The number of carbonyl (C=O) groups is 3. The quantitative estimate of drug-likeness (QED) is 0.826. The summed E-state index contributed by atoms with van der Waals surface area (Å²) >= 11 is 0. The Morgan fingerprint density at radius 1 is 1.21 bits per heavy atom. The van der Waals surface area contributed by atoms with Crippen LogP contribution in [0.5, 0.6) is 0 Å². The number of hydrogen-bond donors (Lipinski definition) is 2. The van der Waals surface area contributed by atoms with E-state index in [2.05, 4.69) is 5.32 Å². The number of nitrogens with one attached hydrogen (secondary N) is 1. The van der Waals surface area contributed by atoms with Gasteiger partial charge in [-0.1, -0.05) is 18.2 Å². The Morgan fingerprint density at radius 3 is 2.62 bits per heavy atom. The molecule has 1 aromatic rings. The molecule has 0 aromatic heterocycles. The molecule has 126 valence electrons. The highest BCUT2D eigenvalue weighted by molar-refractivity contribution is 5.96. The lowest BCUT2D eigenvalue weighted by atomic mass is 9.82. The van der Waals surface area contributed by atoms with E-state index in [-0.39, 0.29) is 5.91 Å². The first-order valence-corrected chi connectivity index (χ1v) is 7.79. The van der Waals surface area contributed by atoms with Gasteiger partial charge in [0.15, 0.2) is 0 Å². The van der Waals surface area contributed by atoms with Crippen molar-refractivity contribution < 1.29 is 24.2 Å². The van der Waals surface area contributed by atoms with Crippen LogP contribution in [-0.2, 0) is 14.3 Å². The third kappa shape index (κ3) is 3.24. The molecule has 2 aliphatic rings. The van der Waals surface area contributed by atoms with Crippen LogP contribution in [-0.4, -0.2) is 36.2 Å². The summed E-state index contributed by atoms with van der Waals surface area (Å²) < 4.78 is 4.90. The summed E-state index contributed by atoms with van der Waals surface area (Å²) in [5.74, 6) is -2.61. The number of carbonyl (C=O) groups excluding carboxylic acids is 2. The maximum absolute atomic E-state index is 12.5. The number of carboxylic acid groups (broad SMARTS) is 1. The molecule has 1 saturated heterocycles. The molecule has 1 aliphatic heterocycles. The molecule has 24 heavy (non-hydrogen) atoms. The third-order valence-electron chi connectivity index (χ3n) is 4.27. The van der Waals surface area contributed by atoms with Gasteiger partial charge in [0.25, 0.3) is 0 Å². The van der Waals surface area contributed by atoms with E-state index in [0.29, 0.717) is 37.4 Å². The molecule has 1 aliphatic carbocycles. The van der Waals surface area contributed by atoms with E-state index in [4.69, 9.17) is 4.74 Å². The minimum atomic E-state index is -0.965. The zero-order valence-corrected chi connectivity index (χ0v) is 13.0. The van der Waals surface area contributed by atoms with E-state index in [9.17, 15) is 19.5 Å². The standard InChI is InChI=1S/C17H18N2O5/c20-15(13-6-1-2-7-14(13)16(21)22)18-11-4-3-5-12(10-11)19-8-9-24-17(19)23/h1-5,10,13-14H,6-9H2,(H,18,20)(H,21,22)/t13-,14+/m0/s1. The fraction of sp³-hybridized carbons (Fsp3) is 0.353. The maximum atomic E-state index is 12.5. The van der Waals surface area contributed by atoms with Gasteiger partial charge in [0.05, 0.1) is 18.4 Å². The minimum absolute atomic E-state index is 0.326. The van der Waals surface area contributed by atoms with Crippen molar-refractivity contribution in [3.8, 4) is 0 Å². The number of aliphatic carboxylic acids is 1. The van der Waals surface area contributed by atoms with Crippen LogP contribution in [0.1, 0.15) is 12.8 Å². The molecule has 1 fully saturated rings. The average molecular weight is 330 g/mol. The molecular formula is C17H18N2O5. The maximum Gasteiger partial charge on any atom is 0.414 e. The van der Waals surface area contributed by atoms with E-state index >= 15 is 0 Å². The molecule has 0 spiro atoms. The Hall–Kier alpha value is -2.83. The predicted molar refractivity (Wildman–Crippen MR) is 86.8 cm³/mol. The topological polar surface area (TPSA) is 95.9 Å². The van der Waals surface area contributed by atoms with Gasteiger partial charge in [-0.25, -0.2) is 4.79 Å². The molecule has 2 N–H and O–H groups in total. The van der Waals surface area contributed by atoms with Gasteiger partial charge >= 0.3 is 12.1 Å². The highest BCUT2D eigenvalue weighted by Gasteiger charge is 2.34. The number of amides is 2. The van der Waals surface area contributed by atoms with Gasteiger partial charge in [-0.15, -0.1) is 0 Å². The molecule has 3 rings (SSSR count). The Balaban J connectivity index is 1.73. The highest BCUT2D eigenvalue weighted by atomic mass is 16.6. The van der Waals surface area contributed by atoms with Crippen molar-refractivity contribution >= 4 is 29.3 Å². The molecule has 0 unspecified atom stereocenters. The molecule has 1 heterocycles. The van der Waals surface area contributed by atoms with Crippen LogP contribution in [0.3, 0.4) is 0 Å². The van der Waals surface area contributed by atoms with Crippen molar-refractivity contribution in [2.45, 2.75) is 12.8 Å². The van der Waals surface area contributed by atoms with E-state index in [1.54, 1.807) is 30.3 Å². The zero-order valence-electron chi connectivity index (χ0n) is 13.0. The van der Waals surface area contributed by atoms with Crippen molar-refractivity contribution in [3.63, 3.8) is 0 Å². The summed E-state index contributed by atoms with van der Waals surface area (Å²) in [7, 11) is 0. The largest absolute Gasteiger partial charge is 0.481 e. The smallest absolute Gasteiger partial charge is 0.414 e. The Kier molecular flexibility index (Phi) is 4.50. The van der Waals surface area contributed by atoms with Crippen molar-refractivity contribution in [1.29, 1.82) is 0 Å². The highest BCUT2D eigenvalue weighted by Crippen LogP contribution is 2.28. The number of cyclic esters (lactones) is 1. The SMILES string of the molecule is O=C(Nc1cccc(N2CCOC2=O)c1)[C@H]1CC=CC[C@H]1C(=O)O. The summed E-state index contributed by atoms with van der Waals surface area (Å²) in [5, 5.41) is 12.0. The lowest BCUT2D eigenvalue weighted by Crippen LogP contribution is -2.34. The second-order valence-electron chi connectivity index (χ2n) is 5.80. The monoisotopic (exact) mass is 330 g/mol. The number of carboxylic acids is 1. The fourth-order valence-corrected chi connectivity index (χ4v) is 2.99. The van der Waals surface area contributed by atoms with Crippen molar-refractivity contribution in [3.05, 3.63) is 36.4 Å². The first-order chi connectivity index (χ1) is 11.6. The van der Waals surface area contributed by atoms with Gasteiger partial charge in [-0.3, -0.25) is 14.5 Å². The first kappa shape index (κ1) is 16.0. The van der Waals surface area contributed by atoms with Gasteiger partial charge in [-0.05, 0) is 31.0 Å². The Labute approximate surface area is 138 Å². The van der Waals surface area contributed by atoms with Crippen LogP contribution in [0.25, 0.3) is 0 Å². The van der Waals surface area contributed by atoms with Gasteiger partial charge < -0.3 is 15.2 Å². The van der Waals surface area contributed by atoms with Gasteiger partial charge in [0.1, 0.15) is 6.61 Å². The molecule has 2 amide bonds. The summed E-state index contributed by atoms with van der Waals surface area (Å²) in [5.41, 5.74) is 1.16. The molecule has 7 heteroatoms. The minimum Gasteiger partial charge on any atom is -0.481 e. The molecule has 1 aromatic carbocycles. The average Bonchev–Trinajstić information content (AvgIpc) is 3.01. The number of rotatable bonds is 4. The zero-order chi connectivity index (χ0) is 17.1. The van der Waals surface area contributed by atoms with Crippen LogP contribution in [0, 0.1) is 11.8 Å². The number of hydrogen-bond acceptors (Lipinski definition) is 4.